The Morgan fingerprint density at radius 1 is 1.19 bits per heavy atom. The van der Waals surface area contributed by atoms with Gasteiger partial charge in [0.05, 0.1) is 13.2 Å². The van der Waals surface area contributed by atoms with Gasteiger partial charge in [-0.25, -0.2) is 9.97 Å². The molecule has 2 amide bonds. The molecule has 0 aliphatic carbocycles. The Morgan fingerprint density at radius 2 is 1.92 bits per heavy atom. The fourth-order valence-electron chi connectivity index (χ4n) is 3.13. The number of carbonyl (C=O) groups excluding carboxylic acids is 2. The molecule has 3 heterocycles. The summed E-state index contributed by atoms with van der Waals surface area (Å²) in [4.78, 5) is 38.1. The van der Waals surface area contributed by atoms with Gasteiger partial charge in [-0.2, -0.15) is 0 Å². The second kappa shape index (κ2) is 8.91. The van der Waals surface area contributed by atoms with E-state index < -0.39 is 0 Å². The van der Waals surface area contributed by atoms with Gasteiger partial charge in [0.1, 0.15) is 17.3 Å². The molecule has 2 fully saturated rings. The summed E-state index contributed by atoms with van der Waals surface area (Å²) < 4.78 is 5.32. The number of morpholine rings is 1. The first-order chi connectivity index (χ1) is 12.7. The van der Waals surface area contributed by atoms with Crippen molar-refractivity contribution in [2.75, 3.05) is 70.5 Å². The van der Waals surface area contributed by atoms with Crippen molar-refractivity contribution in [1.82, 2.24) is 25.1 Å². The van der Waals surface area contributed by atoms with Gasteiger partial charge in [0, 0.05) is 58.4 Å². The van der Waals surface area contributed by atoms with Crippen molar-refractivity contribution in [3.05, 3.63) is 17.6 Å². The van der Waals surface area contributed by atoms with Gasteiger partial charge < -0.3 is 19.9 Å². The Morgan fingerprint density at radius 3 is 2.62 bits per heavy atom. The summed E-state index contributed by atoms with van der Waals surface area (Å²) in [5.74, 6) is 1.12. The summed E-state index contributed by atoms with van der Waals surface area (Å²) in [7, 11) is 0. The van der Waals surface area contributed by atoms with Gasteiger partial charge in [0.25, 0.3) is 5.91 Å². The van der Waals surface area contributed by atoms with E-state index in [1.165, 1.54) is 0 Å². The second-order valence-corrected chi connectivity index (χ2v) is 6.50. The van der Waals surface area contributed by atoms with E-state index in [1.807, 2.05) is 0 Å². The highest BCUT2D eigenvalue weighted by molar-refractivity contribution is 5.92. The van der Waals surface area contributed by atoms with Crippen molar-refractivity contribution < 1.29 is 14.3 Å². The molecule has 9 nitrogen and oxygen atoms in total. The molecule has 142 valence electrons. The number of amides is 2. The summed E-state index contributed by atoms with van der Waals surface area (Å²) >= 11 is 0. The van der Waals surface area contributed by atoms with Gasteiger partial charge in [-0.15, -0.1) is 0 Å². The largest absolute Gasteiger partial charge is 0.379 e. The van der Waals surface area contributed by atoms with Crippen LogP contribution in [0.2, 0.25) is 0 Å². The molecule has 0 bridgehead atoms. The third kappa shape index (κ3) is 4.89. The Balaban J connectivity index is 1.56. The maximum Gasteiger partial charge on any atom is 0.270 e. The van der Waals surface area contributed by atoms with E-state index in [2.05, 4.69) is 25.1 Å². The van der Waals surface area contributed by atoms with Gasteiger partial charge in [-0.1, -0.05) is 0 Å². The standard InChI is InChI=1S/C17H26N6O3/c1-14-19-15(17(25)18-2-3-21-8-10-26-11-9-21)12-16(20-14)23-6-4-22(13-24)5-7-23/h12-13H,2-11H2,1H3,(H,18,25). The zero-order valence-corrected chi connectivity index (χ0v) is 15.2. The van der Waals surface area contributed by atoms with Crippen molar-refractivity contribution in [2.45, 2.75) is 6.92 Å². The lowest BCUT2D eigenvalue weighted by atomic mass is 10.3. The molecule has 0 unspecified atom stereocenters. The van der Waals surface area contributed by atoms with E-state index in [0.717, 1.165) is 45.1 Å². The van der Waals surface area contributed by atoms with Crippen LogP contribution in [0, 0.1) is 6.92 Å². The van der Waals surface area contributed by atoms with Gasteiger partial charge in [0.2, 0.25) is 6.41 Å². The molecule has 26 heavy (non-hydrogen) atoms. The Hall–Kier alpha value is -2.26. The molecule has 2 aliphatic rings. The number of nitrogens with zero attached hydrogens (tertiary/aromatic N) is 5. The van der Waals surface area contributed by atoms with E-state index in [9.17, 15) is 9.59 Å². The Kier molecular flexibility index (Phi) is 6.35. The van der Waals surface area contributed by atoms with Crippen molar-refractivity contribution in [3.8, 4) is 0 Å². The van der Waals surface area contributed by atoms with Gasteiger partial charge in [-0.3, -0.25) is 14.5 Å². The zero-order valence-electron chi connectivity index (χ0n) is 15.2. The number of rotatable bonds is 6. The topological polar surface area (TPSA) is 90.9 Å². The van der Waals surface area contributed by atoms with Crippen LogP contribution in [-0.4, -0.2) is 97.7 Å². The fraction of sp³-hybridized carbons (Fsp3) is 0.647. The van der Waals surface area contributed by atoms with E-state index in [0.29, 0.717) is 44.2 Å². The highest BCUT2D eigenvalue weighted by Gasteiger charge is 2.19. The Bertz CT molecular complexity index is 627. The Labute approximate surface area is 153 Å². The smallest absolute Gasteiger partial charge is 0.270 e. The van der Waals surface area contributed by atoms with Gasteiger partial charge >= 0.3 is 0 Å². The van der Waals surface area contributed by atoms with Crippen LogP contribution in [0.1, 0.15) is 16.3 Å². The average molecular weight is 362 g/mol. The van der Waals surface area contributed by atoms with Crippen LogP contribution in [0.4, 0.5) is 5.82 Å². The predicted octanol–water partition coefficient (Wildman–Crippen LogP) is -0.875. The normalized spacial score (nSPS) is 18.7. The third-order valence-electron chi connectivity index (χ3n) is 4.66. The third-order valence-corrected chi connectivity index (χ3v) is 4.66. The molecule has 0 spiro atoms. The molecular weight excluding hydrogens is 336 g/mol. The van der Waals surface area contributed by atoms with Crippen LogP contribution < -0.4 is 10.2 Å². The minimum absolute atomic E-state index is 0.184. The molecule has 2 aliphatic heterocycles. The van der Waals surface area contributed by atoms with E-state index in [4.69, 9.17) is 4.74 Å². The summed E-state index contributed by atoms with van der Waals surface area (Å²) in [6.07, 6.45) is 0.871. The molecule has 9 heteroatoms. The maximum atomic E-state index is 12.5. The highest BCUT2D eigenvalue weighted by atomic mass is 16.5. The van der Waals surface area contributed by atoms with E-state index in [1.54, 1.807) is 17.9 Å². The van der Waals surface area contributed by atoms with Crippen molar-refractivity contribution >= 4 is 18.1 Å². The van der Waals surface area contributed by atoms with Crippen LogP contribution >= 0.6 is 0 Å². The number of aryl methyl sites for hydroxylation is 1. The molecule has 1 N–H and O–H groups in total. The second-order valence-electron chi connectivity index (χ2n) is 6.50. The average Bonchev–Trinajstić information content (AvgIpc) is 2.68. The number of piperazine rings is 1. The number of hydrogen-bond acceptors (Lipinski definition) is 7. The van der Waals surface area contributed by atoms with Crippen molar-refractivity contribution in [2.24, 2.45) is 0 Å². The van der Waals surface area contributed by atoms with Crippen LogP contribution in [0.15, 0.2) is 6.07 Å². The molecule has 0 atom stereocenters. The quantitative estimate of drug-likeness (QED) is 0.658. The predicted molar refractivity (Wildman–Crippen MR) is 96.2 cm³/mol. The lowest BCUT2D eigenvalue weighted by Crippen LogP contribution is -2.46. The van der Waals surface area contributed by atoms with Crippen LogP contribution in [-0.2, 0) is 9.53 Å². The van der Waals surface area contributed by atoms with E-state index in [-0.39, 0.29) is 5.91 Å². The number of ether oxygens (including phenoxy) is 1. The monoisotopic (exact) mass is 362 g/mol. The molecule has 0 aromatic carbocycles. The fourth-order valence-corrected chi connectivity index (χ4v) is 3.13. The highest BCUT2D eigenvalue weighted by Crippen LogP contribution is 2.15. The SMILES string of the molecule is Cc1nc(C(=O)NCCN2CCOCC2)cc(N2CCN(C=O)CC2)n1. The summed E-state index contributed by atoms with van der Waals surface area (Å²) in [6, 6.07) is 1.73. The first-order valence-corrected chi connectivity index (χ1v) is 9.04. The minimum atomic E-state index is -0.184. The minimum Gasteiger partial charge on any atom is -0.379 e. The van der Waals surface area contributed by atoms with Gasteiger partial charge in [-0.05, 0) is 6.92 Å². The van der Waals surface area contributed by atoms with Crippen LogP contribution in [0.5, 0.6) is 0 Å². The number of aromatic nitrogens is 2. The molecular formula is C17H26N6O3. The molecule has 0 radical (unpaired) electrons. The lowest BCUT2D eigenvalue weighted by Gasteiger charge is -2.33. The summed E-state index contributed by atoms with van der Waals surface area (Å²) in [5.41, 5.74) is 0.382. The number of nitrogens with one attached hydrogen (secondary N) is 1. The molecule has 1 aromatic heterocycles. The summed E-state index contributed by atoms with van der Waals surface area (Å²) in [6.45, 7) is 9.20. The first-order valence-electron chi connectivity index (χ1n) is 9.04. The van der Waals surface area contributed by atoms with Crippen LogP contribution in [0.3, 0.4) is 0 Å². The number of hydrogen-bond donors (Lipinski definition) is 1. The van der Waals surface area contributed by atoms with Crippen LogP contribution in [0.25, 0.3) is 0 Å². The molecule has 2 saturated heterocycles. The number of carbonyl (C=O) groups is 2. The molecule has 0 saturated carbocycles. The zero-order chi connectivity index (χ0) is 18.4. The first kappa shape index (κ1) is 18.5. The molecule has 1 aromatic rings. The van der Waals surface area contributed by atoms with Crippen molar-refractivity contribution in [3.63, 3.8) is 0 Å². The molecule has 3 rings (SSSR count). The maximum absolute atomic E-state index is 12.5. The summed E-state index contributed by atoms with van der Waals surface area (Å²) in [5, 5.41) is 2.94. The number of anilines is 1. The van der Waals surface area contributed by atoms with Gasteiger partial charge in [0.15, 0.2) is 0 Å². The van der Waals surface area contributed by atoms with Crippen molar-refractivity contribution in [1.29, 1.82) is 0 Å². The lowest BCUT2D eigenvalue weighted by molar-refractivity contribution is -0.118. The van der Waals surface area contributed by atoms with E-state index >= 15 is 0 Å².